The van der Waals surface area contributed by atoms with E-state index in [1.807, 2.05) is 0 Å². The standard InChI is InChI=1S/C7H17N4/c8-1-3-10-5-6-11(7-10)4-2-9/h7H,1-6,8-9H2/q+1. The van der Waals surface area contributed by atoms with Gasteiger partial charge in [0.25, 0.3) is 0 Å². The Bertz CT molecular complexity index is 143. The minimum atomic E-state index is 0.729. The zero-order valence-corrected chi connectivity index (χ0v) is 6.87. The van der Waals surface area contributed by atoms with Gasteiger partial charge in [-0.2, -0.15) is 0 Å². The molecule has 0 radical (unpaired) electrons. The highest BCUT2D eigenvalue weighted by Crippen LogP contribution is 1.91. The van der Waals surface area contributed by atoms with Crippen LogP contribution in [0.2, 0.25) is 0 Å². The van der Waals surface area contributed by atoms with Gasteiger partial charge in [-0.15, -0.1) is 0 Å². The predicted molar refractivity (Wildman–Crippen MR) is 45.7 cm³/mol. The fourth-order valence-electron chi connectivity index (χ4n) is 1.27. The van der Waals surface area contributed by atoms with Crippen molar-refractivity contribution in [1.82, 2.24) is 4.90 Å². The van der Waals surface area contributed by atoms with E-state index in [4.69, 9.17) is 11.5 Å². The second-order valence-electron chi connectivity index (χ2n) is 2.76. The van der Waals surface area contributed by atoms with Crippen molar-refractivity contribution < 1.29 is 4.58 Å². The Kier molecular flexibility index (Phi) is 3.32. The van der Waals surface area contributed by atoms with Crippen molar-refractivity contribution in [3.05, 3.63) is 0 Å². The van der Waals surface area contributed by atoms with Gasteiger partial charge in [-0.25, -0.2) is 0 Å². The molecule has 0 atom stereocenters. The molecule has 1 aliphatic rings. The first-order chi connectivity index (χ1) is 5.36. The van der Waals surface area contributed by atoms with Gasteiger partial charge < -0.3 is 11.5 Å². The Labute approximate surface area is 67.5 Å². The Hall–Kier alpha value is -0.610. The summed E-state index contributed by atoms with van der Waals surface area (Å²) in [6, 6.07) is 0. The molecule has 1 rings (SSSR count). The van der Waals surface area contributed by atoms with Gasteiger partial charge in [-0.3, -0.25) is 9.48 Å². The molecule has 11 heavy (non-hydrogen) atoms. The fraction of sp³-hybridized carbons (Fsp3) is 0.857. The monoisotopic (exact) mass is 157 g/mol. The summed E-state index contributed by atoms with van der Waals surface area (Å²) in [6.07, 6.45) is 2.12. The minimum absolute atomic E-state index is 0.729. The molecular formula is C7H17N4+. The van der Waals surface area contributed by atoms with Crippen LogP contribution in [0.1, 0.15) is 0 Å². The third-order valence-electron chi connectivity index (χ3n) is 1.83. The lowest BCUT2D eigenvalue weighted by molar-refractivity contribution is -0.511. The van der Waals surface area contributed by atoms with Gasteiger partial charge in [-0.05, 0) is 0 Å². The van der Waals surface area contributed by atoms with E-state index in [2.05, 4.69) is 15.8 Å². The zero-order chi connectivity index (χ0) is 8.10. The number of hydrogen-bond acceptors (Lipinski definition) is 3. The van der Waals surface area contributed by atoms with Gasteiger partial charge in [0, 0.05) is 13.1 Å². The van der Waals surface area contributed by atoms with Crippen LogP contribution in [0.3, 0.4) is 0 Å². The van der Waals surface area contributed by atoms with Crippen LogP contribution in [0.25, 0.3) is 0 Å². The quantitative estimate of drug-likeness (QED) is 0.476. The lowest BCUT2D eigenvalue weighted by atomic mass is 10.5. The second kappa shape index (κ2) is 4.31. The molecule has 0 unspecified atom stereocenters. The van der Waals surface area contributed by atoms with E-state index in [1.165, 1.54) is 0 Å². The molecule has 1 aliphatic heterocycles. The Morgan fingerprint density at radius 1 is 1.36 bits per heavy atom. The number of nitrogens with zero attached hydrogens (tertiary/aromatic N) is 2. The highest BCUT2D eigenvalue weighted by molar-refractivity contribution is 5.50. The molecule has 64 valence electrons. The van der Waals surface area contributed by atoms with E-state index in [0.717, 1.165) is 39.3 Å². The molecule has 0 aromatic rings. The highest BCUT2D eigenvalue weighted by Gasteiger charge is 2.16. The highest BCUT2D eigenvalue weighted by atomic mass is 15.3. The van der Waals surface area contributed by atoms with Gasteiger partial charge in [0.15, 0.2) is 0 Å². The molecule has 0 aromatic carbocycles. The summed E-state index contributed by atoms with van der Waals surface area (Å²) in [5, 5.41) is 0. The number of hydrogen-bond donors (Lipinski definition) is 2. The molecule has 4 nitrogen and oxygen atoms in total. The first-order valence-corrected chi connectivity index (χ1v) is 4.10. The molecular weight excluding hydrogens is 140 g/mol. The molecule has 0 aromatic heterocycles. The molecule has 4 N–H and O–H groups in total. The van der Waals surface area contributed by atoms with Crippen LogP contribution < -0.4 is 11.5 Å². The van der Waals surface area contributed by atoms with Crippen LogP contribution in [0, 0.1) is 0 Å². The fourth-order valence-corrected chi connectivity index (χ4v) is 1.27. The third kappa shape index (κ3) is 2.48. The maximum atomic E-state index is 5.42. The first-order valence-electron chi connectivity index (χ1n) is 4.10. The van der Waals surface area contributed by atoms with Crippen LogP contribution >= 0.6 is 0 Å². The number of nitrogens with two attached hydrogens (primary N) is 2. The first kappa shape index (κ1) is 8.49. The lowest BCUT2D eigenvalue weighted by Gasteiger charge is -2.01. The van der Waals surface area contributed by atoms with E-state index in [0.29, 0.717) is 0 Å². The minimum Gasteiger partial charge on any atom is -0.327 e. The average molecular weight is 157 g/mol. The van der Waals surface area contributed by atoms with E-state index in [9.17, 15) is 0 Å². The maximum Gasteiger partial charge on any atom is 0.234 e. The second-order valence-corrected chi connectivity index (χ2v) is 2.76. The molecule has 0 spiro atoms. The summed E-state index contributed by atoms with van der Waals surface area (Å²) < 4.78 is 2.23. The average Bonchev–Trinajstić information content (AvgIpc) is 2.38. The molecule has 0 bridgehead atoms. The smallest absolute Gasteiger partial charge is 0.234 e. The van der Waals surface area contributed by atoms with Gasteiger partial charge in [0.05, 0.1) is 13.1 Å². The topological polar surface area (TPSA) is 58.3 Å². The molecule has 0 saturated heterocycles. The number of rotatable bonds is 4. The summed E-state index contributed by atoms with van der Waals surface area (Å²) >= 11 is 0. The molecule has 0 aliphatic carbocycles. The van der Waals surface area contributed by atoms with Crippen molar-refractivity contribution >= 4 is 6.34 Å². The molecule has 4 heteroatoms. The van der Waals surface area contributed by atoms with Gasteiger partial charge in [0.1, 0.15) is 13.1 Å². The van der Waals surface area contributed by atoms with Crippen molar-refractivity contribution in [1.29, 1.82) is 0 Å². The van der Waals surface area contributed by atoms with Gasteiger partial charge in [-0.1, -0.05) is 0 Å². The Morgan fingerprint density at radius 3 is 2.82 bits per heavy atom. The van der Waals surface area contributed by atoms with E-state index in [1.54, 1.807) is 0 Å². The summed E-state index contributed by atoms with van der Waals surface area (Å²) in [6.45, 7) is 5.57. The lowest BCUT2D eigenvalue weighted by Crippen LogP contribution is -2.26. The molecule has 0 saturated carbocycles. The van der Waals surface area contributed by atoms with Gasteiger partial charge >= 0.3 is 0 Å². The summed E-state index contributed by atoms with van der Waals surface area (Å²) in [4.78, 5) is 2.23. The SMILES string of the molecule is NCCN1C=[N+](CCN)CC1. The van der Waals surface area contributed by atoms with Gasteiger partial charge in [0.2, 0.25) is 6.34 Å². The van der Waals surface area contributed by atoms with Crippen molar-refractivity contribution in [3.63, 3.8) is 0 Å². The van der Waals surface area contributed by atoms with Crippen LogP contribution in [0.4, 0.5) is 0 Å². The predicted octanol–water partition coefficient (Wildman–Crippen LogP) is -1.74. The molecule has 0 fully saturated rings. The van der Waals surface area contributed by atoms with Crippen LogP contribution in [0.15, 0.2) is 0 Å². The summed E-state index contributed by atoms with van der Waals surface area (Å²) in [7, 11) is 0. The van der Waals surface area contributed by atoms with Crippen molar-refractivity contribution in [2.75, 3.05) is 39.3 Å². The zero-order valence-electron chi connectivity index (χ0n) is 6.87. The summed E-state index contributed by atoms with van der Waals surface area (Å²) in [5.74, 6) is 0. The van der Waals surface area contributed by atoms with Crippen molar-refractivity contribution in [2.24, 2.45) is 11.5 Å². The molecule has 1 heterocycles. The van der Waals surface area contributed by atoms with E-state index >= 15 is 0 Å². The molecule has 0 amide bonds. The van der Waals surface area contributed by atoms with Crippen LogP contribution in [0.5, 0.6) is 0 Å². The van der Waals surface area contributed by atoms with Crippen molar-refractivity contribution in [3.8, 4) is 0 Å². The van der Waals surface area contributed by atoms with E-state index < -0.39 is 0 Å². The summed E-state index contributed by atoms with van der Waals surface area (Å²) in [5.41, 5.74) is 10.8. The van der Waals surface area contributed by atoms with Crippen LogP contribution in [-0.4, -0.2) is 55.1 Å². The van der Waals surface area contributed by atoms with Crippen molar-refractivity contribution in [2.45, 2.75) is 0 Å². The Morgan fingerprint density at radius 2 is 2.18 bits per heavy atom. The normalized spacial score (nSPS) is 17.3. The van der Waals surface area contributed by atoms with E-state index in [-0.39, 0.29) is 0 Å². The Balaban J connectivity index is 2.28. The third-order valence-corrected chi connectivity index (χ3v) is 1.83. The maximum absolute atomic E-state index is 5.42. The van der Waals surface area contributed by atoms with Crippen LogP contribution in [-0.2, 0) is 0 Å². The largest absolute Gasteiger partial charge is 0.327 e.